The van der Waals surface area contributed by atoms with E-state index >= 15 is 0 Å². The number of rotatable bonds is 7. The zero-order valence-corrected chi connectivity index (χ0v) is 16.2. The van der Waals surface area contributed by atoms with Gasteiger partial charge in [-0.15, -0.1) is 0 Å². The van der Waals surface area contributed by atoms with E-state index < -0.39 is 20.4 Å². The van der Waals surface area contributed by atoms with Crippen LogP contribution in [0, 0.1) is 10.1 Å². The highest BCUT2D eigenvalue weighted by Crippen LogP contribution is 2.27. The molecular formula is C19H21N3O5S. The Balaban J connectivity index is 1.67. The van der Waals surface area contributed by atoms with E-state index in [2.05, 4.69) is 5.32 Å². The first-order valence-corrected chi connectivity index (χ1v) is 10.7. The van der Waals surface area contributed by atoms with Crippen molar-refractivity contribution in [1.29, 1.82) is 0 Å². The van der Waals surface area contributed by atoms with Gasteiger partial charge in [-0.2, -0.15) is 0 Å². The summed E-state index contributed by atoms with van der Waals surface area (Å²) >= 11 is 0. The first-order chi connectivity index (χ1) is 13.2. The zero-order chi connectivity index (χ0) is 20.3. The van der Waals surface area contributed by atoms with E-state index in [4.69, 9.17) is 0 Å². The summed E-state index contributed by atoms with van der Waals surface area (Å²) in [6.07, 6.45) is 2.47. The highest BCUT2D eigenvalue weighted by Gasteiger charge is 2.22. The second-order valence-corrected chi connectivity index (χ2v) is 8.78. The summed E-state index contributed by atoms with van der Waals surface area (Å²) in [5, 5.41) is 14.1. The van der Waals surface area contributed by atoms with Crippen molar-refractivity contribution in [2.75, 3.05) is 18.1 Å². The lowest BCUT2D eigenvalue weighted by Gasteiger charge is -2.15. The van der Waals surface area contributed by atoms with Crippen molar-refractivity contribution in [1.82, 2.24) is 4.90 Å². The average molecular weight is 403 g/mol. The van der Waals surface area contributed by atoms with Gasteiger partial charge in [-0.05, 0) is 29.7 Å². The van der Waals surface area contributed by atoms with Crippen LogP contribution in [0.5, 0.6) is 0 Å². The normalized spacial score (nSPS) is 14.3. The minimum Gasteiger partial charge on any atom is -0.381 e. The molecule has 1 saturated heterocycles. The standard InChI is InChI=1S/C19H21N3O5S/c1-28(26,27)18-11-16(8-9-17(18)22(24)25)20-12-14-4-6-15(7-5-14)13-21-10-2-3-19(21)23/h4-9,11,20H,2-3,10,12-13H2,1H3. The number of nitro groups is 1. The Morgan fingerprint density at radius 3 is 2.39 bits per heavy atom. The number of hydrogen-bond acceptors (Lipinski definition) is 6. The third kappa shape index (κ3) is 4.66. The Morgan fingerprint density at radius 1 is 1.14 bits per heavy atom. The maximum Gasteiger partial charge on any atom is 0.288 e. The van der Waals surface area contributed by atoms with Crippen LogP contribution in [0.4, 0.5) is 11.4 Å². The quantitative estimate of drug-likeness (QED) is 0.562. The minimum atomic E-state index is -3.72. The van der Waals surface area contributed by atoms with Crippen molar-refractivity contribution >= 4 is 27.1 Å². The van der Waals surface area contributed by atoms with Gasteiger partial charge in [0.2, 0.25) is 5.91 Å². The molecule has 0 radical (unpaired) electrons. The number of benzene rings is 2. The monoisotopic (exact) mass is 403 g/mol. The first-order valence-electron chi connectivity index (χ1n) is 8.82. The molecule has 1 fully saturated rings. The van der Waals surface area contributed by atoms with Crippen LogP contribution < -0.4 is 5.32 Å². The van der Waals surface area contributed by atoms with Crippen molar-refractivity contribution in [3.8, 4) is 0 Å². The summed E-state index contributed by atoms with van der Waals surface area (Å²) in [5.41, 5.74) is 2.07. The number of nitrogens with zero attached hydrogens (tertiary/aromatic N) is 2. The third-order valence-electron chi connectivity index (χ3n) is 4.62. The van der Waals surface area contributed by atoms with E-state index in [1.54, 1.807) is 0 Å². The van der Waals surface area contributed by atoms with Gasteiger partial charge in [0.05, 0.1) is 4.92 Å². The van der Waals surface area contributed by atoms with E-state index in [1.807, 2.05) is 29.2 Å². The van der Waals surface area contributed by atoms with E-state index in [-0.39, 0.29) is 10.8 Å². The summed E-state index contributed by atoms with van der Waals surface area (Å²) < 4.78 is 23.7. The third-order valence-corrected chi connectivity index (χ3v) is 5.75. The first kappa shape index (κ1) is 19.8. The number of sulfone groups is 1. The fourth-order valence-electron chi connectivity index (χ4n) is 3.13. The van der Waals surface area contributed by atoms with E-state index in [0.717, 1.165) is 30.3 Å². The maximum absolute atomic E-state index is 11.8. The van der Waals surface area contributed by atoms with Gasteiger partial charge in [0.15, 0.2) is 9.84 Å². The van der Waals surface area contributed by atoms with Gasteiger partial charge in [-0.1, -0.05) is 24.3 Å². The molecule has 0 unspecified atom stereocenters. The fourth-order valence-corrected chi connectivity index (χ4v) is 3.99. The van der Waals surface area contributed by atoms with Crippen LogP contribution >= 0.6 is 0 Å². The van der Waals surface area contributed by atoms with Crippen LogP contribution in [-0.2, 0) is 27.7 Å². The molecule has 2 aromatic rings. The lowest BCUT2D eigenvalue weighted by Crippen LogP contribution is -2.23. The van der Waals surface area contributed by atoms with Gasteiger partial charge >= 0.3 is 0 Å². The number of amides is 1. The molecule has 1 amide bonds. The molecule has 148 valence electrons. The Kier molecular flexibility index (Phi) is 5.64. The van der Waals surface area contributed by atoms with Crippen molar-refractivity contribution in [3.05, 3.63) is 63.7 Å². The number of nitro benzene ring substituents is 1. The topological polar surface area (TPSA) is 110 Å². The lowest BCUT2D eigenvalue weighted by molar-refractivity contribution is -0.387. The van der Waals surface area contributed by atoms with Gasteiger partial charge in [0.1, 0.15) is 4.90 Å². The molecule has 28 heavy (non-hydrogen) atoms. The van der Waals surface area contributed by atoms with Gasteiger partial charge in [-0.3, -0.25) is 14.9 Å². The summed E-state index contributed by atoms with van der Waals surface area (Å²) in [5.74, 6) is 0.186. The summed E-state index contributed by atoms with van der Waals surface area (Å²) in [4.78, 5) is 23.6. The molecule has 9 heteroatoms. The number of carbonyl (C=O) groups excluding carboxylic acids is 1. The molecule has 0 aromatic heterocycles. The molecule has 1 N–H and O–H groups in total. The van der Waals surface area contributed by atoms with E-state index in [1.165, 1.54) is 18.2 Å². The second kappa shape index (κ2) is 7.97. The zero-order valence-electron chi connectivity index (χ0n) is 15.4. The lowest BCUT2D eigenvalue weighted by atomic mass is 10.1. The maximum atomic E-state index is 11.8. The van der Waals surface area contributed by atoms with Gasteiger partial charge in [-0.25, -0.2) is 8.42 Å². The van der Waals surface area contributed by atoms with Crippen molar-refractivity contribution < 1.29 is 18.1 Å². The number of likely N-dealkylation sites (tertiary alicyclic amines) is 1. The molecule has 8 nitrogen and oxygen atoms in total. The SMILES string of the molecule is CS(=O)(=O)c1cc(NCc2ccc(CN3CCCC3=O)cc2)ccc1[N+](=O)[O-]. The summed E-state index contributed by atoms with van der Waals surface area (Å²) in [6.45, 7) is 1.83. The van der Waals surface area contributed by atoms with Crippen LogP contribution in [0.25, 0.3) is 0 Å². The van der Waals surface area contributed by atoms with Crippen LogP contribution in [0.1, 0.15) is 24.0 Å². The molecule has 1 aliphatic heterocycles. The number of carbonyl (C=O) groups is 1. The van der Waals surface area contributed by atoms with Gasteiger partial charge in [0.25, 0.3) is 5.69 Å². The van der Waals surface area contributed by atoms with Crippen LogP contribution in [0.15, 0.2) is 47.4 Å². The van der Waals surface area contributed by atoms with Crippen molar-refractivity contribution in [2.45, 2.75) is 30.8 Å². The minimum absolute atomic E-state index is 0.186. The molecule has 1 heterocycles. The fraction of sp³-hybridized carbons (Fsp3) is 0.316. The van der Waals surface area contributed by atoms with Gasteiger partial charge < -0.3 is 10.2 Å². The van der Waals surface area contributed by atoms with Gasteiger partial charge in [0, 0.05) is 44.1 Å². The van der Waals surface area contributed by atoms with E-state index in [0.29, 0.717) is 25.2 Å². The number of hydrogen-bond donors (Lipinski definition) is 1. The number of anilines is 1. The van der Waals surface area contributed by atoms with Crippen molar-refractivity contribution in [3.63, 3.8) is 0 Å². The molecule has 0 bridgehead atoms. The number of nitrogens with one attached hydrogen (secondary N) is 1. The summed E-state index contributed by atoms with van der Waals surface area (Å²) in [7, 11) is -3.72. The Labute approximate surface area is 163 Å². The Morgan fingerprint density at radius 2 is 1.82 bits per heavy atom. The molecule has 0 saturated carbocycles. The molecule has 0 aliphatic carbocycles. The van der Waals surface area contributed by atoms with Crippen LogP contribution in [-0.4, -0.2) is 36.9 Å². The smallest absolute Gasteiger partial charge is 0.288 e. The Bertz CT molecular complexity index is 1000. The summed E-state index contributed by atoms with van der Waals surface area (Å²) in [6, 6.07) is 11.7. The molecule has 1 aliphatic rings. The van der Waals surface area contributed by atoms with E-state index in [9.17, 15) is 23.3 Å². The molecule has 3 rings (SSSR count). The predicted molar refractivity (Wildman–Crippen MR) is 105 cm³/mol. The highest BCUT2D eigenvalue weighted by atomic mass is 32.2. The molecule has 0 atom stereocenters. The van der Waals surface area contributed by atoms with Crippen LogP contribution in [0.3, 0.4) is 0 Å². The largest absolute Gasteiger partial charge is 0.381 e. The molecule has 2 aromatic carbocycles. The molecular weight excluding hydrogens is 382 g/mol. The average Bonchev–Trinajstić information content (AvgIpc) is 3.05. The highest BCUT2D eigenvalue weighted by molar-refractivity contribution is 7.90. The predicted octanol–water partition coefficient (Wildman–Crippen LogP) is 2.73. The van der Waals surface area contributed by atoms with Crippen molar-refractivity contribution in [2.24, 2.45) is 0 Å². The molecule has 0 spiro atoms. The van der Waals surface area contributed by atoms with Crippen LogP contribution in [0.2, 0.25) is 0 Å². The Hall–Kier alpha value is -2.94. The second-order valence-electron chi connectivity index (χ2n) is 6.80.